The van der Waals surface area contributed by atoms with Crippen LogP contribution in [0.15, 0.2) is 54.6 Å². The maximum absolute atomic E-state index is 5.91. The third kappa shape index (κ3) is 3.46. The van der Waals surface area contributed by atoms with Crippen molar-refractivity contribution in [2.24, 2.45) is 0 Å². The van der Waals surface area contributed by atoms with E-state index in [1.165, 1.54) is 0 Å². The van der Waals surface area contributed by atoms with Crippen molar-refractivity contribution in [1.82, 2.24) is 0 Å². The highest BCUT2D eigenvalue weighted by atomic mass is 32.1. The molecule has 2 aromatic carbocycles. The molecule has 3 nitrogen and oxygen atoms in total. The molecular weight excluding hydrogens is 292 g/mol. The first-order valence-corrected chi connectivity index (χ1v) is 7.58. The molecule has 3 rings (SSSR count). The van der Waals surface area contributed by atoms with Crippen LogP contribution in [0.25, 0.3) is 6.08 Å². The molecule has 0 radical (unpaired) electrons. The van der Waals surface area contributed by atoms with Gasteiger partial charge in [-0.3, -0.25) is 0 Å². The van der Waals surface area contributed by atoms with Crippen LogP contribution < -0.4 is 15.4 Å². The summed E-state index contributed by atoms with van der Waals surface area (Å²) in [4.78, 5) is 0. The van der Waals surface area contributed by atoms with Gasteiger partial charge in [-0.2, -0.15) is 0 Å². The van der Waals surface area contributed by atoms with Gasteiger partial charge in [0.25, 0.3) is 0 Å². The van der Waals surface area contributed by atoms with Crippen LogP contribution in [0.2, 0.25) is 0 Å². The molecule has 1 heterocycles. The Morgan fingerprint density at radius 2 is 1.73 bits per heavy atom. The summed E-state index contributed by atoms with van der Waals surface area (Å²) in [6.07, 6.45) is 4.14. The number of hydrogen-bond acceptors (Lipinski definition) is 2. The molecule has 1 aliphatic rings. The van der Waals surface area contributed by atoms with E-state index in [2.05, 4.69) is 22.8 Å². The molecule has 0 fully saturated rings. The monoisotopic (exact) mass is 310 g/mol. The second-order valence-corrected chi connectivity index (χ2v) is 6.14. The van der Waals surface area contributed by atoms with E-state index >= 15 is 0 Å². The second-order valence-electron chi connectivity index (χ2n) is 5.74. The van der Waals surface area contributed by atoms with Crippen LogP contribution in [-0.4, -0.2) is 10.7 Å². The van der Waals surface area contributed by atoms with Gasteiger partial charge in [0.2, 0.25) is 0 Å². The molecule has 0 spiro atoms. The van der Waals surface area contributed by atoms with Gasteiger partial charge in [-0.05, 0) is 62.5 Å². The average molecular weight is 310 g/mol. The van der Waals surface area contributed by atoms with Gasteiger partial charge in [-0.1, -0.05) is 24.3 Å². The fourth-order valence-electron chi connectivity index (χ4n) is 2.27. The van der Waals surface area contributed by atoms with Crippen molar-refractivity contribution >= 4 is 34.8 Å². The van der Waals surface area contributed by atoms with E-state index in [1.54, 1.807) is 0 Å². The Bertz CT molecular complexity index is 723. The molecule has 0 unspecified atom stereocenters. The Kier molecular flexibility index (Phi) is 3.86. The lowest BCUT2D eigenvalue weighted by molar-refractivity contribution is 0.159. The minimum absolute atomic E-state index is 0.258. The van der Waals surface area contributed by atoms with Crippen LogP contribution in [0, 0.1) is 0 Å². The van der Waals surface area contributed by atoms with Crippen molar-refractivity contribution in [3.05, 3.63) is 60.2 Å². The molecule has 0 amide bonds. The molecule has 22 heavy (non-hydrogen) atoms. The maximum atomic E-state index is 5.91. The first-order valence-electron chi connectivity index (χ1n) is 7.17. The Balaban J connectivity index is 1.70. The molecule has 0 saturated carbocycles. The lowest BCUT2D eigenvalue weighted by Gasteiger charge is -2.28. The van der Waals surface area contributed by atoms with E-state index in [0.717, 1.165) is 22.7 Å². The lowest BCUT2D eigenvalue weighted by atomic mass is 10.0. The van der Waals surface area contributed by atoms with Crippen molar-refractivity contribution in [3.63, 3.8) is 0 Å². The summed E-state index contributed by atoms with van der Waals surface area (Å²) in [6.45, 7) is 4.08. The van der Waals surface area contributed by atoms with E-state index in [-0.39, 0.29) is 5.60 Å². The Labute approximate surface area is 136 Å². The summed E-state index contributed by atoms with van der Waals surface area (Å²) in [5, 5.41) is 6.91. The number of para-hydroxylation sites is 1. The molecule has 0 bridgehead atoms. The SMILES string of the molecule is CC1(C)C=Cc2cc(NC(=S)Nc3ccccc3)ccc2O1. The van der Waals surface area contributed by atoms with Gasteiger partial charge in [-0.15, -0.1) is 0 Å². The Morgan fingerprint density at radius 1 is 1.00 bits per heavy atom. The number of ether oxygens (including phenoxy) is 1. The molecule has 2 aromatic rings. The molecule has 2 N–H and O–H groups in total. The summed E-state index contributed by atoms with van der Waals surface area (Å²) in [7, 11) is 0. The molecule has 0 aromatic heterocycles. The van der Waals surface area contributed by atoms with E-state index in [1.807, 2.05) is 62.4 Å². The standard InChI is InChI=1S/C18H18N2OS/c1-18(2)11-10-13-12-15(8-9-16(13)21-18)20-17(22)19-14-6-4-3-5-7-14/h3-12H,1-2H3,(H2,19,20,22). The van der Waals surface area contributed by atoms with Crippen LogP contribution in [0.5, 0.6) is 5.75 Å². The van der Waals surface area contributed by atoms with Gasteiger partial charge in [0.05, 0.1) is 0 Å². The third-order valence-corrected chi connectivity index (χ3v) is 3.54. The van der Waals surface area contributed by atoms with E-state index in [0.29, 0.717) is 5.11 Å². The number of fused-ring (bicyclic) bond motifs is 1. The van der Waals surface area contributed by atoms with Gasteiger partial charge >= 0.3 is 0 Å². The van der Waals surface area contributed by atoms with Gasteiger partial charge < -0.3 is 15.4 Å². The van der Waals surface area contributed by atoms with Gasteiger partial charge in [0.1, 0.15) is 11.4 Å². The highest BCUT2D eigenvalue weighted by Gasteiger charge is 2.21. The molecule has 1 aliphatic heterocycles. The van der Waals surface area contributed by atoms with Crippen LogP contribution >= 0.6 is 12.2 Å². The number of thiocarbonyl (C=S) groups is 1. The van der Waals surface area contributed by atoms with Gasteiger partial charge in [0, 0.05) is 16.9 Å². The Hall–Kier alpha value is -2.33. The molecule has 0 aliphatic carbocycles. The average Bonchev–Trinajstić information content (AvgIpc) is 2.48. The zero-order valence-electron chi connectivity index (χ0n) is 12.6. The number of rotatable bonds is 2. The summed E-state index contributed by atoms with van der Waals surface area (Å²) in [5.74, 6) is 0.889. The first kappa shape index (κ1) is 14.6. The first-order chi connectivity index (χ1) is 10.5. The molecular formula is C18H18N2OS. The summed E-state index contributed by atoms with van der Waals surface area (Å²) >= 11 is 5.34. The van der Waals surface area contributed by atoms with Crippen molar-refractivity contribution in [2.45, 2.75) is 19.4 Å². The third-order valence-electron chi connectivity index (χ3n) is 3.34. The number of hydrogen-bond donors (Lipinski definition) is 2. The quantitative estimate of drug-likeness (QED) is 0.789. The van der Waals surface area contributed by atoms with Crippen LogP contribution in [0.1, 0.15) is 19.4 Å². The number of nitrogens with one attached hydrogen (secondary N) is 2. The zero-order chi connectivity index (χ0) is 15.6. The van der Waals surface area contributed by atoms with Gasteiger partial charge in [0.15, 0.2) is 5.11 Å². The summed E-state index contributed by atoms with van der Waals surface area (Å²) < 4.78 is 5.91. The minimum Gasteiger partial charge on any atom is -0.483 e. The van der Waals surface area contributed by atoms with Crippen molar-refractivity contribution in [3.8, 4) is 5.75 Å². The van der Waals surface area contributed by atoms with Crippen LogP contribution in [-0.2, 0) is 0 Å². The molecule has 4 heteroatoms. The molecule has 112 valence electrons. The second kappa shape index (κ2) is 5.81. The van der Waals surface area contributed by atoms with E-state index in [4.69, 9.17) is 17.0 Å². The minimum atomic E-state index is -0.258. The Morgan fingerprint density at radius 3 is 2.50 bits per heavy atom. The molecule has 0 atom stereocenters. The van der Waals surface area contributed by atoms with E-state index < -0.39 is 0 Å². The maximum Gasteiger partial charge on any atom is 0.175 e. The highest BCUT2D eigenvalue weighted by molar-refractivity contribution is 7.80. The summed E-state index contributed by atoms with van der Waals surface area (Å²) in [5.41, 5.74) is 2.68. The summed E-state index contributed by atoms with van der Waals surface area (Å²) in [6, 6.07) is 15.8. The van der Waals surface area contributed by atoms with Crippen molar-refractivity contribution in [2.75, 3.05) is 10.6 Å². The van der Waals surface area contributed by atoms with Crippen molar-refractivity contribution < 1.29 is 4.74 Å². The van der Waals surface area contributed by atoms with Crippen LogP contribution in [0.3, 0.4) is 0 Å². The predicted molar refractivity (Wildman–Crippen MR) is 96.5 cm³/mol. The molecule has 0 saturated heterocycles. The largest absolute Gasteiger partial charge is 0.483 e. The predicted octanol–water partition coefficient (Wildman–Crippen LogP) is 4.68. The van der Waals surface area contributed by atoms with Crippen molar-refractivity contribution in [1.29, 1.82) is 0 Å². The lowest BCUT2D eigenvalue weighted by Crippen LogP contribution is -2.27. The van der Waals surface area contributed by atoms with Gasteiger partial charge in [-0.25, -0.2) is 0 Å². The van der Waals surface area contributed by atoms with E-state index in [9.17, 15) is 0 Å². The highest BCUT2D eigenvalue weighted by Crippen LogP contribution is 2.32. The normalized spacial score (nSPS) is 14.6. The smallest absolute Gasteiger partial charge is 0.175 e. The fourth-order valence-corrected chi connectivity index (χ4v) is 2.51. The topological polar surface area (TPSA) is 33.3 Å². The van der Waals surface area contributed by atoms with Crippen LogP contribution in [0.4, 0.5) is 11.4 Å². The number of anilines is 2. The number of benzene rings is 2. The fraction of sp³-hybridized carbons (Fsp3) is 0.167. The zero-order valence-corrected chi connectivity index (χ0v) is 13.4.